The minimum Gasteiger partial charge on any atom is -0.378 e. The predicted octanol–water partition coefficient (Wildman–Crippen LogP) is 6.99. The summed E-state index contributed by atoms with van der Waals surface area (Å²) in [6, 6.07) is 0. The van der Waals surface area contributed by atoms with Gasteiger partial charge in [0, 0.05) is 6.61 Å². The molecule has 0 aliphatic heterocycles. The van der Waals surface area contributed by atoms with Crippen LogP contribution in [0.1, 0.15) is 104 Å². The van der Waals surface area contributed by atoms with Crippen molar-refractivity contribution in [2.24, 2.45) is 29.6 Å². The van der Waals surface area contributed by atoms with E-state index in [1.165, 1.54) is 89.9 Å². The van der Waals surface area contributed by atoms with Crippen molar-refractivity contribution in [1.82, 2.24) is 0 Å². The summed E-state index contributed by atoms with van der Waals surface area (Å²) in [5.41, 5.74) is 0. The summed E-state index contributed by atoms with van der Waals surface area (Å²) < 4.78 is 6.29. The highest BCUT2D eigenvalue weighted by atomic mass is 16.5. The molecule has 3 rings (SSSR count). The third-order valence-corrected chi connectivity index (χ3v) is 7.68. The van der Waals surface area contributed by atoms with Crippen molar-refractivity contribution in [1.29, 1.82) is 0 Å². The molecule has 24 heavy (non-hydrogen) atoms. The smallest absolute Gasteiger partial charge is 0.0575 e. The van der Waals surface area contributed by atoms with Gasteiger partial charge in [-0.3, -0.25) is 0 Å². The molecule has 0 atom stereocenters. The van der Waals surface area contributed by atoms with Crippen LogP contribution in [0.5, 0.6) is 0 Å². The van der Waals surface area contributed by atoms with E-state index in [9.17, 15) is 0 Å². The Morgan fingerprint density at radius 3 is 1.75 bits per heavy atom. The molecule has 140 valence electrons. The maximum absolute atomic E-state index is 6.29. The monoisotopic (exact) mass is 334 g/mol. The van der Waals surface area contributed by atoms with Crippen LogP contribution in [0.25, 0.3) is 0 Å². The zero-order valence-electron chi connectivity index (χ0n) is 16.5. The minimum absolute atomic E-state index is 0.591. The molecular weight excluding hydrogens is 292 g/mol. The molecule has 0 aromatic rings. The largest absolute Gasteiger partial charge is 0.378 e. The predicted molar refractivity (Wildman–Crippen MR) is 103 cm³/mol. The van der Waals surface area contributed by atoms with Crippen LogP contribution in [0.3, 0.4) is 0 Å². The van der Waals surface area contributed by atoms with Crippen molar-refractivity contribution in [2.75, 3.05) is 6.61 Å². The van der Waals surface area contributed by atoms with E-state index in [2.05, 4.69) is 13.8 Å². The van der Waals surface area contributed by atoms with E-state index >= 15 is 0 Å². The van der Waals surface area contributed by atoms with Gasteiger partial charge < -0.3 is 4.74 Å². The fraction of sp³-hybridized carbons (Fsp3) is 1.00. The SMILES string of the molecule is CCCC1CCC(C2CCC(COC3CCC(C)CC3)CC2)CC1. The van der Waals surface area contributed by atoms with Crippen LogP contribution in [0.15, 0.2) is 0 Å². The Balaban J connectivity index is 1.30. The molecule has 3 aliphatic carbocycles. The molecule has 0 unspecified atom stereocenters. The van der Waals surface area contributed by atoms with E-state index < -0.39 is 0 Å². The summed E-state index contributed by atoms with van der Waals surface area (Å²) >= 11 is 0. The minimum atomic E-state index is 0.591. The molecule has 3 saturated carbocycles. The topological polar surface area (TPSA) is 9.23 Å². The Bertz CT molecular complexity index is 328. The molecule has 0 N–H and O–H groups in total. The standard InChI is InChI=1S/C23H42O/c1-3-4-19-7-11-21(12-8-19)22-13-9-20(10-14-22)17-24-23-15-5-18(2)6-16-23/h18-23H,3-17H2,1-2H3. The van der Waals surface area contributed by atoms with Crippen molar-refractivity contribution < 1.29 is 4.74 Å². The molecule has 0 aromatic heterocycles. The molecule has 0 radical (unpaired) electrons. The summed E-state index contributed by atoms with van der Waals surface area (Å²) in [7, 11) is 0. The fourth-order valence-corrected chi connectivity index (χ4v) is 5.85. The van der Waals surface area contributed by atoms with Gasteiger partial charge in [0.1, 0.15) is 0 Å². The van der Waals surface area contributed by atoms with Crippen LogP contribution in [0, 0.1) is 29.6 Å². The van der Waals surface area contributed by atoms with Gasteiger partial charge in [0.05, 0.1) is 6.10 Å². The van der Waals surface area contributed by atoms with Crippen molar-refractivity contribution >= 4 is 0 Å². The lowest BCUT2D eigenvalue weighted by Crippen LogP contribution is -2.28. The van der Waals surface area contributed by atoms with Gasteiger partial charge in [-0.15, -0.1) is 0 Å². The molecule has 1 heteroatoms. The molecule has 0 bridgehead atoms. The van der Waals surface area contributed by atoms with Gasteiger partial charge in [0.2, 0.25) is 0 Å². The van der Waals surface area contributed by atoms with Gasteiger partial charge in [0.25, 0.3) is 0 Å². The third-order valence-electron chi connectivity index (χ3n) is 7.68. The van der Waals surface area contributed by atoms with E-state index in [4.69, 9.17) is 4.74 Å². The Kier molecular flexibility index (Phi) is 7.50. The molecule has 0 aromatic carbocycles. The average Bonchev–Trinajstić information content (AvgIpc) is 2.63. The van der Waals surface area contributed by atoms with Crippen LogP contribution < -0.4 is 0 Å². The normalized spacial score (nSPS) is 41.2. The first-order valence-corrected chi connectivity index (χ1v) is 11.4. The van der Waals surface area contributed by atoms with Crippen LogP contribution in [0.4, 0.5) is 0 Å². The van der Waals surface area contributed by atoms with E-state index in [1.807, 2.05) is 0 Å². The summed E-state index contributed by atoms with van der Waals surface area (Å²) in [6.45, 7) is 5.81. The lowest BCUT2D eigenvalue weighted by atomic mass is 9.69. The number of ether oxygens (including phenoxy) is 1. The molecule has 0 saturated heterocycles. The van der Waals surface area contributed by atoms with Gasteiger partial charge in [-0.05, 0) is 93.8 Å². The zero-order valence-corrected chi connectivity index (χ0v) is 16.5. The summed E-state index contributed by atoms with van der Waals surface area (Å²) in [6.07, 6.45) is 20.9. The summed E-state index contributed by atoms with van der Waals surface area (Å²) in [5, 5.41) is 0. The fourth-order valence-electron chi connectivity index (χ4n) is 5.85. The lowest BCUT2D eigenvalue weighted by molar-refractivity contribution is -0.0111. The van der Waals surface area contributed by atoms with Gasteiger partial charge in [-0.2, -0.15) is 0 Å². The Labute approximate surface area is 151 Å². The average molecular weight is 335 g/mol. The number of hydrogen-bond acceptors (Lipinski definition) is 1. The zero-order chi connectivity index (χ0) is 16.8. The second-order valence-electron chi connectivity index (χ2n) is 9.57. The van der Waals surface area contributed by atoms with Gasteiger partial charge in [-0.25, -0.2) is 0 Å². The first-order chi connectivity index (χ1) is 11.7. The highest BCUT2D eigenvalue weighted by Gasteiger charge is 2.31. The van der Waals surface area contributed by atoms with Crippen molar-refractivity contribution in [3.8, 4) is 0 Å². The highest BCUT2D eigenvalue weighted by Crippen LogP contribution is 2.42. The van der Waals surface area contributed by atoms with Crippen LogP contribution >= 0.6 is 0 Å². The lowest BCUT2D eigenvalue weighted by Gasteiger charge is -2.38. The van der Waals surface area contributed by atoms with Gasteiger partial charge in [-0.1, -0.05) is 39.5 Å². The van der Waals surface area contributed by atoms with Crippen molar-refractivity contribution in [3.63, 3.8) is 0 Å². The molecular formula is C23H42O. The van der Waals surface area contributed by atoms with Gasteiger partial charge >= 0.3 is 0 Å². The van der Waals surface area contributed by atoms with E-state index in [-0.39, 0.29) is 0 Å². The first kappa shape index (κ1) is 18.7. The Morgan fingerprint density at radius 1 is 0.667 bits per heavy atom. The van der Waals surface area contributed by atoms with Gasteiger partial charge in [0.15, 0.2) is 0 Å². The summed E-state index contributed by atoms with van der Waals surface area (Å²) in [4.78, 5) is 0. The van der Waals surface area contributed by atoms with E-state index in [0.29, 0.717) is 6.10 Å². The molecule has 1 nitrogen and oxygen atoms in total. The van der Waals surface area contributed by atoms with Crippen molar-refractivity contribution in [2.45, 2.75) is 110 Å². The summed E-state index contributed by atoms with van der Waals surface area (Å²) in [5.74, 6) is 5.00. The molecule has 0 spiro atoms. The Hall–Kier alpha value is -0.0400. The maximum Gasteiger partial charge on any atom is 0.0575 e. The van der Waals surface area contributed by atoms with E-state index in [0.717, 1.165) is 36.2 Å². The second-order valence-corrected chi connectivity index (χ2v) is 9.57. The molecule has 0 heterocycles. The quantitative estimate of drug-likeness (QED) is 0.508. The highest BCUT2D eigenvalue weighted by molar-refractivity contribution is 4.82. The van der Waals surface area contributed by atoms with Crippen LogP contribution in [0.2, 0.25) is 0 Å². The van der Waals surface area contributed by atoms with Crippen LogP contribution in [-0.2, 0) is 4.74 Å². The van der Waals surface area contributed by atoms with E-state index in [1.54, 1.807) is 0 Å². The third kappa shape index (κ3) is 5.48. The second kappa shape index (κ2) is 9.60. The van der Waals surface area contributed by atoms with Crippen LogP contribution in [-0.4, -0.2) is 12.7 Å². The number of rotatable bonds is 6. The number of hydrogen-bond donors (Lipinski definition) is 0. The Morgan fingerprint density at radius 2 is 1.21 bits per heavy atom. The first-order valence-electron chi connectivity index (χ1n) is 11.4. The molecule has 0 amide bonds. The molecule has 3 aliphatic rings. The van der Waals surface area contributed by atoms with Crippen molar-refractivity contribution in [3.05, 3.63) is 0 Å². The maximum atomic E-state index is 6.29. The molecule has 3 fully saturated rings.